The molecule has 25 heavy (non-hydrogen) atoms. The molecule has 1 aliphatic heterocycles. The first kappa shape index (κ1) is 16.6. The molecule has 0 fully saturated rings. The lowest BCUT2D eigenvalue weighted by Crippen LogP contribution is -2.47. The number of rotatable bonds is 1. The van der Waals surface area contributed by atoms with Crippen LogP contribution in [0.25, 0.3) is 0 Å². The largest absolute Gasteiger partial charge is 0.508 e. The summed E-state index contributed by atoms with van der Waals surface area (Å²) in [4.78, 5) is 2.08. The minimum absolute atomic E-state index is 0.0186. The van der Waals surface area contributed by atoms with E-state index < -0.39 is 11.3 Å². The van der Waals surface area contributed by atoms with Crippen molar-refractivity contribution in [2.45, 2.75) is 5.92 Å². The molecule has 1 heterocycles. The summed E-state index contributed by atoms with van der Waals surface area (Å²) >= 11 is 0. The maximum absolute atomic E-state index is 9.89. The molecular formula is C19H17N5O. The molecule has 0 bridgehead atoms. The van der Waals surface area contributed by atoms with Crippen LogP contribution in [0.2, 0.25) is 0 Å². The van der Waals surface area contributed by atoms with E-state index in [0.29, 0.717) is 13.1 Å². The van der Waals surface area contributed by atoms with Crippen LogP contribution in [0, 0.1) is 45.3 Å². The second-order valence-electron chi connectivity index (χ2n) is 6.49. The lowest BCUT2D eigenvalue weighted by atomic mass is 9.58. The molecule has 0 saturated heterocycles. The highest BCUT2D eigenvalue weighted by molar-refractivity contribution is 5.59. The Kier molecular flexibility index (Phi) is 3.97. The molecule has 2 unspecified atom stereocenters. The minimum Gasteiger partial charge on any atom is -0.508 e. The van der Waals surface area contributed by atoms with Crippen LogP contribution in [-0.4, -0.2) is 30.1 Å². The smallest absolute Gasteiger partial charge is 0.191 e. The maximum atomic E-state index is 9.89. The topological polar surface area (TPSA) is 121 Å². The fraction of sp³-hybridized carbons (Fsp3) is 0.316. The summed E-state index contributed by atoms with van der Waals surface area (Å²) in [5.41, 5.74) is 6.39. The third-order valence-corrected chi connectivity index (χ3v) is 5.10. The first-order valence-corrected chi connectivity index (χ1v) is 7.89. The van der Waals surface area contributed by atoms with Crippen LogP contribution in [0.1, 0.15) is 11.5 Å². The summed E-state index contributed by atoms with van der Waals surface area (Å²) in [5.74, 6) is -0.615. The number of phenols is 1. The monoisotopic (exact) mass is 331 g/mol. The Morgan fingerprint density at radius 3 is 2.40 bits per heavy atom. The lowest BCUT2D eigenvalue weighted by Gasteiger charge is -2.45. The number of hydrogen-bond acceptors (Lipinski definition) is 6. The number of aromatic hydroxyl groups is 1. The molecule has 3 rings (SSSR count). The van der Waals surface area contributed by atoms with Crippen molar-refractivity contribution in [2.24, 2.45) is 17.1 Å². The van der Waals surface area contributed by atoms with E-state index in [-0.39, 0.29) is 22.9 Å². The molecule has 2 aliphatic rings. The van der Waals surface area contributed by atoms with Crippen molar-refractivity contribution in [2.75, 3.05) is 20.1 Å². The fourth-order valence-electron chi connectivity index (χ4n) is 3.88. The van der Waals surface area contributed by atoms with Crippen molar-refractivity contribution in [3.63, 3.8) is 0 Å². The number of hydrogen-bond donors (Lipinski definition) is 2. The highest BCUT2D eigenvalue weighted by Crippen LogP contribution is 2.54. The van der Waals surface area contributed by atoms with Gasteiger partial charge < -0.3 is 15.7 Å². The second kappa shape index (κ2) is 5.98. The summed E-state index contributed by atoms with van der Waals surface area (Å²) in [6.07, 6.45) is 1.95. The third-order valence-electron chi connectivity index (χ3n) is 5.10. The third kappa shape index (κ3) is 2.34. The molecule has 6 nitrogen and oxygen atoms in total. The molecule has 6 heteroatoms. The summed E-state index contributed by atoms with van der Waals surface area (Å²) in [7, 11) is 1.95. The first-order valence-electron chi connectivity index (χ1n) is 7.89. The average Bonchev–Trinajstić information content (AvgIpc) is 2.62. The van der Waals surface area contributed by atoms with Crippen molar-refractivity contribution in [1.29, 1.82) is 15.8 Å². The van der Waals surface area contributed by atoms with E-state index in [1.165, 1.54) is 12.1 Å². The zero-order valence-corrected chi connectivity index (χ0v) is 13.8. The highest BCUT2D eigenvalue weighted by atomic mass is 16.3. The summed E-state index contributed by atoms with van der Waals surface area (Å²) in [6.45, 7) is 1.29. The van der Waals surface area contributed by atoms with Gasteiger partial charge in [0.1, 0.15) is 11.8 Å². The number of fused-ring (bicyclic) bond motifs is 1. The fourth-order valence-corrected chi connectivity index (χ4v) is 3.88. The van der Waals surface area contributed by atoms with E-state index in [4.69, 9.17) is 5.73 Å². The van der Waals surface area contributed by atoms with Gasteiger partial charge in [0.25, 0.3) is 0 Å². The Labute approximate surface area is 146 Å². The van der Waals surface area contributed by atoms with E-state index in [0.717, 1.165) is 11.1 Å². The number of benzene rings is 1. The highest BCUT2D eigenvalue weighted by Gasteiger charge is 2.54. The van der Waals surface area contributed by atoms with Crippen molar-refractivity contribution < 1.29 is 5.11 Å². The Morgan fingerprint density at radius 1 is 1.20 bits per heavy atom. The zero-order valence-electron chi connectivity index (χ0n) is 13.8. The van der Waals surface area contributed by atoms with Crippen LogP contribution in [0.5, 0.6) is 5.75 Å². The predicted molar refractivity (Wildman–Crippen MR) is 90.4 cm³/mol. The molecule has 0 spiro atoms. The first-order chi connectivity index (χ1) is 12.0. The molecule has 1 aromatic carbocycles. The van der Waals surface area contributed by atoms with E-state index in [9.17, 15) is 20.9 Å². The van der Waals surface area contributed by atoms with Gasteiger partial charge >= 0.3 is 0 Å². The van der Waals surface area contributed by atoms with Crippen molar-refractivity contribution >= 4 is 0 Å². The van der Waals surface area contributed by atoms with Crippen molar-refractivity contribution in [3.8, 4) is 24.0 Å². The number of allylic oxidation sites excluding steroid dienone is 2. The van der Waals surface area contributed by atoms with Crippen LogP contribution in [0.4, 0.5) is 0 Å². The molecule has 1 aromatic rings. The second-order valence-corrected chi connectivity index (χ2v) is 6.49. The SMILES string of the molecule is CN1CC=C2C(C#N)=C(N)C(C#N)(C#N)C(c3ccc(O)cc3)C2C1. The van der Waals surface area contributed by atoms with Crippen LogP contribution in [0.15, 0.2) is 47.2 Å². The van der Waals surface area contributed by atoms with E-state index >= 15 is 0 Å². The number of nitriles is 3. The van der Waals surface area contributed by atoms with Gasteiger partial charge in [0.2, 0.25) is 0 Å². The van der Waals surface area contributed by atoms with Crippen molar-refractivity contribution in [1.82, 2.24) is 4.90 Å². The van der Waals surface area contributed by atoms with Crippen molar-refractivity contribution in [3.05, 3.63) is 52.7 Å². The average molecular weight is 331 g/mol. The van der Waals surface area contributed by atoms with E-state index in [1.807, 2.05) is 13.1 Å². The molecule has 3 N–H and O–H groups in total. The van der Waals surface area contributed by atoms with Gasteiger partial charge in [-0.1, -0.05) is 18.2 Å². The Hall–Kier alpha value is -3.27. The summed E-state index contributed by atoms with van der Waals surface area (Å²) in [6, 6.07) is 12.8. The molecule has 0 radical (unpaired) electrons. The molecule has 0 amide bonds. The molecule has 1 aliphatic carbocycles. The minimum atomic E-state index is -1.62. The summed E-state index contributed by atoms with van der Waals surface area (Å²) in [5, 5.41) is 38.9. The maximum Gasteiger partial charge on any atom is 0.191 e. The number of nitrogens with two attached hydrogens (primary N) is 1. The van der Waals surface area contributed by atoms with Gasteiger partial charge in [-0.3, -0.25) is 0 Å². The number of likely N-dealkylation sites (N-methyl/N-ethyl adjacent to an activating group) is 1. The molecular weight excluding hydrogens is 314 g/mol. The van der Waals surface area contributed by atoms with E-state index in [1.54, 1.807) is 12.1 Å². The van der Waals surface area contributed by atoms with Crippen LogP contribution in [0.3, 0.4) is 0 Å². The normalized spacial score (nSPS) is 25.1. The molecule has 124 valence electrons. The standard InChI is InChI=1S/C19H17N5O/c1-24-7-6-14-15(8-20)18(23)19(10-21,11-22)17(16(14)9-24)12-2-4-13(25)5-3-12/h2-6,16-17,25H,7,9,23H2,1H3. The van der Waals surface area contributed by atoms with Crippen LogP contribution < -0.4 is 5.73 Å². The molecule has 0 aromatic heterocycles. The molecule has 0 saturated carbocycles. The summed E-state index contributed by atoms with van der Waals surface area (Å²) < 4.78 is 0. The quantitative estimate of drug-likeness (QED) is 0.808. The Balaban J connectivity index is 2.32. The van der Waals surface area contributed by atoms with Gasteiger partial charge in [0.15, 0.2) is 5.41 Å². The van der Waals surface area contributed by atoms with E-state index in [2.05, 4.69) is 23.1 Å². The number of phenolic OH excluding ortho intramolecular Hbond substituents is 1. The van der Waals surface area contributed by atoms with Crippen LogP contribution in [-0.2, 0) is 0 Å². The Morgan fingerprint density at radius 2 is 1.84 bits per heavy atom. The van der Waals surface area contributed by atoms with Gasteiger partial charge in [0, 0.05) is 24.9 Å². The number of nitrogens with zero attached hydrogens (tertiary/aromatic N) is 4. The van der Waals surface area contributed by atoms with Gasteiger partial charge in [0.05, 0.1) is 23.4 Å². The van der Waals surface area contributed by atoms with Crippen LogP contribution >= 0.6 is 0 Å². The Bertz CT molecular complexity index is 878. The van der Waals surface area contributed by atoms with Gasteiger partial charge in [-0.15, -0.1) is 0 Å². The lowest BCUT2D eigenvalue weighted by molar-refractivity contribution is 0.237. The van der Waals surface area contributed by atoms with Gasteiger partial charge in [-0.05, 0) is 30.3 Å². The predicted octanol–water partition coefficient (Wildman–Crippen LogP) is 1.75. The molecule has 2 atom stereocenters. The zero-order chi connectivity index (χ0) is 18.2. The van der Waals surface area contributed by atoms with Gasteiger partial charge in [-0.2, -0.15) is 15.8 Å². The van der Waals surface area contributed by atoms with Gasteiger partial charge in [-0.25, -0.2) is 0 Å².